The molecule has 2 saturated heterocycles. The molecule has 1 unspecified atom stereocenters. The number of ether oxygens (including phenoxy) is 1. The summed E-state index contributed by atoms with van der Waals surface area (Å²) in [5.74, 6) is 1.21. The number of nitrogen functional groups attached to an aromatic ring is 1. The first-order chi connectivity index (χ1) is 13.9. The highest BCUT2D eigenvalue weighted by Gasteiger charge is 2.31. The Morgan fingerprint density at radius 3 is 2.59 bits per heavy atom. The summed E-state index contributed by atoms with van der Waals surface area (Å²) in [4.78, 5) is 32.2. The number of anilines is 1. The number of rotatable bonds is 4. The predicted molar refractivity (Wildman–Crippen MR) is 110 cm³/mol. The number of hydrogen-bond acceptors (Lipinski definition) is 5. The summed E-state index contributed by atoms with van der Waals surface area (Å²) in [7, 11) is 0. The number of benzene rings is 1. The molecule has 2 aromatic rings. The first-order valence-electron chi connectivity index (χ1n) is 10.0. The van der Waals surface area contributed by atoms with Gasteiger partial charge in [0.25, 0.3) is 5.91 Å². The summed E-state index contributed by atoms with van der Waals surface area (Å²) in [6.07, 6.45) is 4.44. The van der Waals surface area contributed by atoms with Crippen molar-refractivity contribution in [2.75, 3.05) is 25.4 Å². The number of aryl methyl sites for hydroxylation is 1. The molecule has 0 radical (unpaired) electrons. The SMILES string of the molecule is CC(=O)N1CCCC1c1cc(N)c(C)cc1Oc1ccc(C(=O)N2CCC2)nc1. The minimum atomic E-state index is -0.0503. The molecule has 7 heteroatoms. The molecule has 3 heterocycles. The normalized spacial score (nSPS) is 18.5. The minimum Gasteiger partial charge on any atom is -0.455 e. The molecule has 0 spiro atoms. The van der Waals surface area contributed by atoms with Gasteiger partial charge >= 0.3 is 0 Å². The maximum atomic E-state index is 12.3. The van der Waals surface area contributed by atoms with E-state index in [1.165, 1.54) is 0 Å². The lowest BCUT2D eigenvalue weighted by Gasteiger charge is -2.30. The molecule has 0 aliphatic carbocycles. The van der Waals surface area contributed by atoms with Gasteiger partial charge < -0.3 is 20.3 Å². The van der Waals surface area contributed by atoms with Crippen LogP contribution in [0.4, 0.5) is 5.69 Å². The van der Waals surface area contributed by atoms with E-state index < -0.39 is 0 Å². The highest BCUT2D eigenvalue weighted by molar-refractivity contribution is 5.92. The molecule has 152 valence electrons. The van der Waals surface area contributed by atoms with Crippen molar-refractivity contribution >= 4 is 17.5 Å². The Labute approximate surface area is 170 Å². The zero-order valence-electron chi connectivity index (χ0n) is 16.9. The van der Waals surface area contributed by atoms with Gasteiger partial charge in [-0.05, 0) is 56.0 Å². The van der Waals surface area contributed by atoms with Gasteiger partial charge in [-0.25, -0.2) is 4.98 Å². The molecule has 1 aromatic carbocycles. The summed E-state index contributed by atoms with van der Waals surface area (Å²) in [6.45, 7) is 5.84. The number of amides is 2. The highest BCUT2D eigenvalue weighted by atomic mass is 16.5. The van der Waals surface area contributed by atoms with Gasteiger partial charge in [0.2, 0.25) is 5.91 Å². The number of nitrogens with zero attached hydrogens (tertiary/aromatic N) is 3. The third-order valence-corrected chi connectivity index (χ3v) is 5.74. The van der Waals surface area contributed by atoms with E-state index in [0.29, 0.717) is 22.9 Å². The molecule has 4 rings (SSSR count). The first kappa shape index (κ1) is 19.2. The highest BCUT2D eigenvalue weighted by Crippen LogP contribution is 2.40. The van der Waals surface area contributed by atoms with Gasteiger partial charge in [-0.3, -0.25) is 9.59 Å². The fraction of sp³-hybridized carbons (Fsp3) is 0.409. The van der Waals surface area contributed by atoms with Crippen molar-refractivity contribution in [3.8, 4) is 11.5 Å². The van der Waals surface area contributed by atoms with Crippen LogP contribution in [0.25, 0.3) is 0 Å². The van der Waals surface area contributed by atoms with Crippen LogP contribution in [0.5, 0.6) is 11.5 Å². The quantitative estimate of drug-likeness (QED) is 0.804. The van der Waals surface area contributed by atoms with Gasteiger partial charge in [0, 0.05) is 37.8 Å². The van der Waals surface area contributed by atoms with Gasteiger partial charge in [0.1, 0.15) is 17.2 Å². The molecular weight excluding hydrogens is 368 g/mol. The van der Waals surface area contributed by atoms with Crippen molar-refractivity contribution in [2.24, 2.45) is 0 Å². The Kier molecular flexibility index (Phi) is 5.13. The average molecular weight is 394 g/mol. The molecular formula is C22H26N4O3. The number of likely N-dealkylation sites (tertiary alicyclic amines) is 2. The lowest BCUT2D eigenvalue weighted by atomic mass is 10.00. The van der Waals surface area contributed by atoms with Crippen LogP contribution < -0.4 is 10.5 Å². The van der Waals surface area contributed by atoms with E-state index in [4.69, 9.17) is 10.5 Å². The van der Waals surface area contributed by atoms with Crippen molar-refractivity contribution in [3.05, 3.63) is 47.3 Å². The second-order valence-corrected chi connectivity index (χ2v) is 7.74. The van der Waals surface area contributed by atoms with Crippen molar-refractivity contribution in [3.63, 3.8) is 0 Å². The Morgan fingerprint density at radius 1 is 1.17 bits per heavy atom. The molecule has 29 heavy (non-hydrogen) atoms. The molecule has 2 aliphatic heterocycles. The van der Waals surface area contributed by atoms with E-state index in [1.807, 2.05) is 24.0 Å². The molecule has 1 aromatic heterocycles. The van der Waals surface area contributed by atoms with Crippen LogP contribution in [-0.2, 0) is 4.79 Å². The molecule has 2 fully saturated rings. The number of nitrogens with two attached hydrogens (primary N) is 1. The second-order valence-electron chi connectivity index (χ2n) is 7.74. The van der Waals surface area contributed by atoms with Crippen LogP contribution in [-0.4, -0.2) is 46.2 Å². The Morgan fingerprint density at radius 2 is 1.97 bits per heavy atom. The third kappa shape index (κ3) is 3.77. The summed E-state index contributed by atoms with van der Waals surface area (Å²) >= 11 is 0. The van der Waals surface area contributed by atoms with Gasteiger partial charge in [0.15, 0.2) is 0 Å². The molecule has 2 amide bonds. The largest absolute Gasteiger partial charge is 0.455 e. The molecule has 0 saturated carbocycles. The predicted octanol–water partition coefficient (Wildman–Crippen LogP) is 3.29. The average Bonchev–Trinajstić information content (AvgIpc) is 3.13. The molecule has 2 N–H and O–H groups in total. The Balaban J connectivity index is 1.60. The van der Waals surface area contributed by atoms with Crippen LogP contribution in [0.1, 0.15) is 53.8 Å². The zero-order valence-corrected chi connectivity index (χ0v) is 16.9. The Bertz CT molecular complexity index is 938. The Hall–Kier alpha value is -3.09. The van der Waals surface area contributed by atoms with Crippen molar-refractivity contribution in [1.29, 1.82) is 0 Å². The number of carbonyl (C=O) groups excluding carboxylic acids is 2. The number of aromatic nitrogens is 1. The van der Waals surface area contributed by atoms with E-state index in [9.17, 15) is 9.59 Å². The van der Waals surface area contributed by atoms with E-state index in [-0.39, 0.29) is 17.9 Å². The van der Waals surface area contributed by atoms with Gasteiger partial charge in [-0.1, -0.05) is 0 Å². The van der Waals surface area contributed by atoms with Crippen LogP contribution >= 0.6 is 0 Å². The molecule has 2 aliphatic rings. The second kappa shape index (κ2) is 7.73. The number of hydrogen-bond donors (Lipinski definition) is 1. The molecule has 1 atom stereocenters. The van der Waals surface area contributed by atoms with Crippen LogP contribution in [0.2, 0.25) is 0 Å². The summed E-state index contributed by atoms with van der Waals surface area (Å²) in [6, 6.07) is 7.21. The standard InChI is InChI=1S/C22H26N4O3/c1-14-11-21(17(12-18(14)23)20-5-3-10-26(20)15(2)27)29-16-6-7-19(24-13-16)22(28)25-8-4-9-25/h6-7,11-13,20H,3-5,8-10,23H2,1-2H3. The zero-order chi connectivity index (χ0) is 20.5. The third-order valence-electron chi connectivity index (χ3n) is 5.74. The smallest absolute Gasteiger partial charge is 0.272 e. The van der Waals surface area contributed by atoms with E-state index in [0.717, 1.165) is 50.0 Å². The maximum absolute atomic E-state index is 12.3. The van der Waals surface area contributed by atoms with Crippen LogP contribution in [0.3, 0.4) is 0 Å². The van der Waals surface area contributed by atoms with E-state index >= 15 is 0 Å². The topological polar surface area (TPSA) is 88.8 Å². The lowest BCUT2D eigenvalue weighted by Crippen LogP contribution is -2.42. The molecule has 7 nitrogen and oxygen atoms in total. The van der Waals surface area contributed by atoms with Gasteiger partial charge in [-0.15, -0.1) is 0 Å². The van der Waals surface area contributed by atoms with Crippen LogP contribution in [0, 0.1) is 6.92 Å². The van der Waals surface area contributed by atoms with Gasteiger partial charge in [0.05, 0.1) is 12.2 Å². The fourth-order valence-corrected chi connectivity index (χ4v) is 3.91. The lowest BCUT2D eigenvalue weighted by molar-refractivity contribution is -0.129. The van der Waals surface area contributed by atoms with Crippen LogP contribution in [0.15, 0.2) is 30.5 Å². The minimum absolute atomic E-state index is 0.0464. The summed E-state index contributed by atoms with van der Waals surface area (Å²) in [5, 5.41) is 0. The molecule has 0 bridgehead atoms. The monoisotopic (exact) mass is 394 g/mol. The summed E-state index contributed by atoms with van der Waals surface area (Å²) < 4.78 is 6.14. The number of carbonyl (C=O) groups is 2. The van der Waals surface area contributed by atoms with Crippen molar-refractivity contribution < 1.29 is 14.3 Å². The van der Waals surface area contributed by atoms with Crippen molar-refractivity contribution in [1.82, 2.24) is 14.8 Å². The maximum Gasteiger partial charge on any atom is 0.272 e. The fourth-order valence-electron chi connectivity index (χ4n) is 3.91. The first-order valence-corrected chi connectivity index (χ1v) is 10.0. The summed E-state index contributed by atoms with van der Waals surface area (Å²) in [5.41, 5.74) is 9.07. The number of pyridine rings is 1. The van der Waals surface area contributed by atoms with Crippen molar-refractivity contribution in [2.45, 2.75) is 39.2 Å². The van der Waals surface area contributed by atoms with E-state index in [2.05, 4.69) is 4.98 Å². The van der Waals surface area contributed by atoms with Gasteiger partial charge in [-0.2, -0.15) is 0 Å². The van der Waals surface area contributed by atoms with E-state index in [1.54, 1.807) is 30.2 Å².